The molecule has 2 aromatic rings. The van der Waals surface area contributed by atoms with Crippen molar-refractivity contribution in [2.45, 2.75) is 31.7 Å². The first-order valence-electron chi connectivity index (χ1n) is 8.62. The molecule has 1 aliphatic heterocycles. The molecule has 1 N–H and O–H groups in total. The van der Waals surface area contributed by atoms with E-state index in [-0.39, 0.29) is 18.4 Å². The maximum Gasteiger partial charge on any atom is 0.224 e. The van der Waals surface area contributed by atoms with Gasteiger partial charge >= 0.3 is 0 Å². The van der Waals surface area contributed by atoms with Crippen LogP contribution in [0.2, 0.25) is 10.0 Å². The van der Waals surface area contributed by atoms with Crippen LogP contribution in [0.25, 0.3) is 0 Å². The SMILES string of the molecule is O=C(Cc1c(Cl)cccc1Cl)NC[C@H](c1ccco1)N1CCCCC1. The minimum atomic E-state index is -0.0939. The molecule has 4 nitrogen and oxygen atoms in total. The summed E-state index contributed by atoms with van der Waals surface area (Å²) in [4.78, 5) is 14.8. The van der Waals surface area contributed by atoms with E-state index in [2.05, 4.69) is 10.2 Å². The minimum absolute atomic E-state index is 0.0565. The standard InChI is InChI=1S/C19H22Cl2N2O2/c20-15-6-4-7-16(21)14(15)12-19(24)22-13-17(18-8-5-11-25-18)23-9-2-1-3-10-23/h4-8,11,17H,1-3,9-10,12-13H2,(H,22,24)/t17-/m1/s1. The number of nitrogens with zero attached hydrogens (tertiary/aromatic N) is 1. The molecule has 25 heavy (non-hydrogen) atoms. The fourth-order valence-corrected chi connectivity index (χ4v) is 3.79. The van der Waals surface area contributed by atoms with Crippen molar-refractivity contribution in [3.8, 4) is 0 Å². The molecule has 0 radical (unpaired) electrons. The molecular weight excluding hydrogens is 359 g/mol. The van der Waals surface area contributed by atoms with Gasteiger partial charge in [0.1, 0.15) is 5.76 Å². The number of carbonyl (C=O) groups excluding carboxylic acids is 1. The third kappa shape index (κ3) is 4.78. The van der Waals surface area contributed by atoms with Gasteiger partial charge in [-0.05, 0) is 55.8 Å². The van der Waals surface area contributed by atoms with Crippen LogP contribution in [0.4, 0.5) is 0 Å². The number of hydrogen-bond donors (Lipinski definition) is 1. The second-order valence-electron chi connectivity index (χ2n) is 6.31. The van der Waals surface area contributed by atoms with Gasteiger partial charge in [0, 0.05) is 16.6 Å². The third-order valence-corrected chi connectivity index (χ3v) is 5.30. The molecule has 6 heteroatoms. The zero-order valence-corrected chi connectivity index (χ0v) is 15.5. The van der Waals surface area contributed by atoms with Crippen molar-refractivity contribution in [1.82, 2.24) is 10.2 Å². The fraction of sp³-hybridized carbons (Fsp3) is 0.421. The average Bonchev–Trinajstić information content (AvgIpc) is 3.14. The molecule has 0 unspecified atom stereocenters. The van der Waals surface area contributed by atoms with Crippen molar-refractivity contribution in [1.29, 1.82) is 0 Å². The van der Waals surface area contributed by atoms with Crippen LogP contribution in [-0.2, 0) is 11.2 Å². The molecule has 1 saturated heterocycles. The Morgan fingerprint density at radius 2 is 1.84 bits per heavy atom. The van der Waals surface area contributed by atoms with Crippen LogP contribution < -0.4 is 5.32 Å². The molecule has 1 fully saturated rings. The third-order valence-electron chi connectivity index (χ3n) is 4.59. The zero-order valence-electron chi connectivity index (χ0n) is 14.0. The molecule has 1 aromatic heterocycles. The van der Waals surface area contributed by atoms with Crippen molar-refractivity contribution in [3.05, 3.63) is 58.0 Å². The number of amides is 1. The van der Waals surface area contributed by atoms with Gasteiger partial charge in [0.25, 0.3) is 0 Å². The Balaban J connectivity index is 1.63. The van der Waals surface area contributed by atoms with Gasteiger partial charge in [-0.2, -0.15) is 0 Å². The number of hydrogen-bond acceptors (Lipinski definition) is 3. The first kappa shape index (κ1) is 18.3. The fourth-order valence-electron chi connectivity index (χ4n) is 3.26. The van der Waals surface area contributed by atoms with Crippen molar-refractivity contribution >= 4 is 29.1 Å². The lowest BCUT2D eigenvalue weighted by Crippen LogP contribution is -2.40. The Morgan fingerprint density at radius 3 is 2.48 bits per heavy atom. The van der Waals surface area contributed by atoms with E-state index in [1.807, 2.05) is 12.1 Å². The summed E-state index contributed by atoms with van der Waals surface area (Å²) >= 11 is 12.3. The topological polar surface area (TPSA) is 45.5 Å². The maximum absolute atomic E-state index is 12.4. The van der Waals surface area contributed by atoms with Crippen LogP contribution in [0.3, 0.4) is 0 Å². The molecule has 0 spiro atoms. The first-order chi connectivity index (χ1) is 12.1. The second kappa shape index (κ2) is 8.75. The highest BCUT2D eigenvalue weighted by atomic mass is 35.5. The van der Waals surface area contributed by atoms with Crippen LogP contribution in [0, 0.1) is 0 Å². The highest BCUT2D eigenvalue weighted by Gasteiger charge is 2.25. The molecule has 1 atom stereocenters. The number of furan rings is 1. The van der Waals surface area contributed by atoms with E-state index < -0.39 is 0 Å². The molecule has 2 heterocycles. The lowest BCUT2D eigenvalue weighted by molar-refractivity contribution is -0.120. The molecule has 1 amide bonds. The molecule has 1 aromatic carbocycles. The minimum Gasteiger partial charge on any atom is -0.468 e. The van der Waals surface area contributed by atoms with Gasteiger partial charge in [0.05, 0.1) is 18.7 Å². The normalized spacial score (nSPS) is 16.6. The predicted octanol–water partition coefficient (Wildman–Crippen LogP) is 4.47. The highest BCUT2D eigenvalue weighted by molar-refractivity contribution is 6.36. The molecule has 0 saturated carbocycles. The second-order valence-corrected chi connectivity index (χ2v) is 7.12. The smallest absolute Gasteiger partial charge is 0.224 e. The average molecular weight is 381 g/mol. The summed E-state index contributed by atoms with van der Waals surface area (Å²) in [7, 11) is 0. The van der Waals surface area contributed by atoms with Gasteiger partial charge in [0.2, 0.25) is 5.91 Å². The van der Waals surface area contributed by atoms with Crippen LogP contribution in [0.5, 0.6) is 0 Å². The summed E-state index contributed by atoms with van der Waals surface area (Å²) in [5.74, 6) is 0.793. The van der Waals surface area contributed by atoms with Crippen LogP contribution in [0.15, 0.2) is 41.0 Å². The molecular formula is C19H22Cl2N2O2. The van der Waals surface area contributed by atoms with E-state index in [0.29, 0.717) is 22.2 Å². The zero-order chi connectivity index (χ0) is 17.6. The number of halogens is 2. The summed E-state index contributed by atoms with van der Waals surface area (Å²) in [6, 6.07) is 9.18. The Hall–Kier alpha value is -1.49. The summed E-state index contributed by atoms with van der Waals surface area (Å²) < 4.78 is 5.60. The molecule has 0 aliphatic carbocycles. The largest absolute Gasteiger partial charge is 0.468 e. The van der Waals surface area contributed by atoms with Crippen molar-refractivity contribution < 1.29 is 9.21 Å². The number of piperidine rings is 1. The van der Waals surface area contributed by atoms with E-state index in [1.165, 1.54) is 19.3 Å². The lowest BCUT2D eigenvalue weighted by Gasteiger charge is -2.33. The number of rotatable bonds is 6. The summed E-state index contributed by atoms with van der Waals surface area (Å²) in [6.07, 6.45) is 5.47. The van der Waals surface area contributed by atoms with Crippen molar-refractivity contribution in [3.63, 3.8) is 0 Å². The van der Waals surface area contributed by atoms with Gasteiger partial charge in [-0.25, -0.2) is 0 Å². The van der Waals surface area contributed by atoms with E-state index in [4.69, 9.17) is 27.6 Å². The number of nitrogens with one attached hydrogen (secondary N) is 1. The van der Waals surface area contributed by atoms with Gasteiger partial charge in [-0.1, -0.05) is 35.7 Å². The van der Waals surface area contributed by atoms with E-state index in [1.54, 1.807) is 24.5 Å². The Bertz CT molecular complexity index is 677. The maximum atomic E-state index is 12.4. The molecule has 0 bridgehead atoms. The van der Waals surface area contributed by atoms with E-state index >= 15 is 0 Å². The van der Waals surface area contributed by atoms with Gasteiger partial charge in [-0.3, -0.25) is 9.69 Å². The lowest BCUT2D eigenvalue weighted by atomic mass is 10.1. The Morgan fingerprint density at radius 1 is 1.12 bits per heavy atom. The molecule has 3 rings (SSSR count). The van der Waals surface area contributed by atoms with Crippen LogP contribution in [-0.4, -0.2) is 30.4 Å². The number of likely N-dealkylation sites (tertiary alicyclic amines) is 1. The predicted molar refractivity (Wildman–Crippen MR) is 100 cm³/mol. The van der Waals surface area contributed by atoms with Crippen molar-refractivity contribution in [2.24, 2.45) is 0 Å². The first-order valence-corrected chi connectivity index (χ1v) is 9.38. The molecule has 134 valence electrons. The van der Waals surface area contributed by atoms with Gasteiger partial charge in [0.15, 0.2) is 0 Å². The van der Waals surface area contributed by atoms with Gasteiger partial charge in [-0.15, -0.1) is 0 Å². The van der Waals surface area contributed by atoms with Crippen LogP contribution >= 0.6 is 23.2 Å². The van der Waals surface area contributed by atoms with Crippen LogP contribution in [0.1, 0.15) is 36.6 Å². The van der Waals surface area contributed by atoms with E-state index in [9.17, 15) is 4.79 Å². The summed E-state index contributed by atoms with van der Waals surface area (Å²) in [5, 5.41) is 4.04. The quantitative estimate of drug-likeness (QED) is 0.803. The Labute approximate surface area is 158 Å². The summed E-state index contributed by atoms with van der Waals surface area (Å²) in [5.41, 5.74) is 0.663. The van der Waals surface area contributed by atoms with Crippen molar-refractivity contribution in [2.75, 3.05) is 19.6 Å². The van der Waals surface area contributed by atoms with Gasteiger partial charge < -0.3 is 9.73 Å². The van der Waals surface area contributed by atoms with E-state index in [0.717, 1.165) is 18.8 Å². The Kier molecular flexibility index (Phi) is 6.40. The number of carbonyl (C=O) groups is 1. The number of benzene rings is 1. The summed E-state index contributed by atoms with van der Waals surface area (Å²) in [6.45, 7) is 2.56. The highest BCUT2D eigenvalue weighted by Crippen LogP contribution is 2.26. The monoisotopic (exact) mass is 380 g/mol. The molecule has 1 aliphatic rings.